The van der Waals surface area contributed by atoms with Crippen molar-refractivity contribution in [2.24, 2.45) is 16.7 Å². The predicted molar refractivity (Wildman–Crippen MR) is 46.7 cm³/mol. The Labute approximate surface area is 72.9 Å². The molecule has 0 aliphatic heterocycles. The summed E-state index contributed by atoms with van der Waals surface area (Å²) in [7, 11) is 0. The van der Waals surface area contributed by atoms with Crippen molar-refractivity contribution in [3.63, 3.8) is 0 Å². The number of aliphatic hydroxyl groups excluding tert-OH is 2. The van der Waals surface area contributed by atoms with Crippen molar-refractivity contribution in [1.29, 1.82) is 0 Å². The quantitative estimate of drug-likeness (QED) is 0.579. The van der Waals surface area contributed by atoms with Crippen molar-refractivity contribution in [1.82, 2.24) is 0 Å². The molecule has 0 spiro atoms. The maximum absolute atomic E-state index is 9.68. The third-order valence-corrected chi connectivity index (χ3v) is 4.19. The smallest absolute Gasteiger partial charge is 0.0952 e. The van der Waals surface area contributed by atoms with Crippen LogP contribution in [0.3, 0.4) is 0 Å². The number of hydrogen-bond acceptors (Lipinski definition) is 2. The molecule has 3 atom stereocenters. The van der Waals surface area contributed by atoms with E-state index in [4.69, 9.17) is 0 Å². The average molecular weight is 168 g/mol. The first-order valence-electron chi connectivity index (χ1n) is 4.49. The summed E-state index contributed by atoms with van der Waals surface area (Å²) in [5.41, 5.74) is -0.187. The second-order valence-electron chi connectivity index (χ2n) is 4.90. The van der Waals surface area contributed by atoms with E-state index in [1.807, 2.05) is 13.0 Å². The fourth-order valence-electron chi connectivity index (χ4n) is 2.77. The monoisotopic (exact) mass is 168 g/mol. The summed E-state index contributed by atoms with van der Waals surface area (Å²) in [6, 6.07) is 0. The van der Waals surface area contributed by atoms with Crippen molar-refractivity contribution >= 4 is 0 Å². The lowest BCUT2D eigenvalue weighted by molar-refractivity contribution is 0.121. The molecule has 0 aromatic carbocycles. The Kier molecular flexibility index (Phi) is 1.27. The summed E-state index contributed by atoms with van der Waals surface area (Å²) in [5, 5.41) is 19.4. The first kappa shape index (κ1) is 8.11. The summed E-state index contributed by atoms with van der Waals surface area (Å²) in [5.74, 6) is 0.616. The SMILES string of the molecule is CC12CC(O)C(C=C1O)C2(C)C. The lowest BCUT2D eigenvalue weighted by Gasteiger charge is -2.34. The van der Waals surface area contributed by atoms with Gasteiger partial charge in [0.25, 0.3) is 0 Å². The summed E-state index contributed by atoms with van der Waals surface area (Å²) in [6.07, 6.45) is 2.27. The summed E-state index contributed by atoms with van der Waals surface area (Å²) in [6.45, 7) is 6.27. The Hall–Kier alpha value is -0.500. The van der Waals surface area contributed by atoms with Gasteiger partial charge >= 0.3 is 0 Å². The molecule has 2 N–H and O–H groups in total. The Bertz CT molecular complexity index is 255. The Morgan fingerprint density at radius 3 is 2.25 bits per heavy atom. The number of allylic oxidation sites excluding steroid dienone is 1. The van der Waals surface area contributed by atoms with Crippen LogP contribution in [0.4, 0.5) is 0 Å². The normalized spacial score (nSPS) is 49.5. The van der Waals surface area contributed by atoms with Gasteiger partial charge < -0.3 is 10.2 Å². The van der Waals surface area contributed by atoms with E-state index < -0.39 is 0 Å². The molecule has 0 aromatic rings. The molecule has 12 heavy (non-hydrogen) atoms. The van der Waals surface area contributed by atoms with E-state index in [1.54, 1.807) is 0 Å². The first-order chi connectivity index (χ1) is 5.39. The van der Waals surface area contributed by atoms with Crippen LogP contribution in [0.25, 0.3) is 0 Å². The molecule has 2 aliphatic carbocycles. The molecule has 0 amide bonds. The minimum Gasteiger partial charge on any atom is -0.512 e. The highest BCUT2D eigenvalue weighted by atomic mass is 16.3. The minimum absolute atomic E-state index is 0.0104. The van der Waals surface area contributed by atoms with Crippen LogP contribution >= 0.6 is 0 Å². The highest BCUT2D eigenvalue weighted by molar-refractivity contribution is 5.29. The molecule has 2 aliphatic rings. The van der Waals surface area contributed by atoms with Crippen LogP contribution in [-0.2, 0) is 0 Å². The zero-order valence-corrected chi connectivity index (χ0v) is 7.83. The van der Waals surface area contributed by atoms with Gasteiger partial charge in [-0.1, -0.05) is 20.8 Å². The van der Waals surface area contributed by atoms with Crippen LogP contribution in [-0.4, -0.2) is 16.3 Å². The fraction of sp³-hybridized carbons (Fsp3) is 0.800. The van der Waals surface area contributed by atoms with Gasteiger partial charge in [0.1, 0.15) is 0 Å². The van der Waals surface area contributed by atoms with E-state index in [9.17, 15) is 10.2 Å². The van der Waals surface area contributed by atoms with E-state index in [-0.39, 0.29) is 22.9 Å². The molecule has 1 fully saturated rings. The molecular formula is C10H16O2. The predicted octanol–water partition coefficient (Wildman–Crippen LogP) is 1.86. The zero-order valence-electron chi connectivity index (χ0n) is 7.83. The molecule has 68 valence electrons. The van der Waals surface area contributed by atoms with Gasteiger partial charge in [0, 0.05) is 11.3 Å². The number of hydrogen-bond donors (Lipinski definition) is 2. The fourth-order valence-corrected chi connectivity index (χ4v) is 2.77. The maximum atomic E-state index is 9.68. The lowest BCUT2D eigenvalue weighted by atomic mass is 9.70. The first-order valence-corrected chi connectivity index (χ1v) is 4.49. The Morgan fingerprint density at radius 2 is 2.00 bits per heavy atom. The molecule has 0 radical (unpaired) electrons. The largest absolute Gasteiger partial charge is 0.512 e. The number of fused-ring (bicyclic) bond motifs is 2. The van der Waals surface area contributed by atoms with Gasteiger partial charge in [0.15, 0.2) is 0 Å². The van der Waals surface area contributed by atoms with E-state index in [2.05, 4.69) is 13.8 Å². The van der Waals surface area contributed by atoms with Crippen LogP contribution in [0.2, 0.25) is 0 Å². The van der Waals surface area contributed by atoms with Crippen molar-refractivity contribution in [2.75, 3.05) is 0 Å². The van der Waals surface area contributed by atoms with Gasteiger partial charge in [-0.15, -0.1) is 0 Å². The third kappa shape index (κ3) is 0.612. The van der Waals surface area contributed by atoms with E-state index in [0.29, 0.717) is 12.2 Å². The zero-order chi connectivity index (χ0) is 9.15. The van der Waals surface area contributed by atoms with Gasteiger partial charge in [-0.05, 0) is 17.9 Å². The Morgan fingerprint density at radius 1 is 1.42 bits per heavy atom. The highest BCUT2D eigenvalue weighted by Gasteiger charge is 2.61. The standard InChI is InChI=1S/C10H16O2/c1-9(2)6-4-8(12)10(9,3)5-7(6)11/h4,6-7,11-12H,5H2,1-3H3. The van der Waals surface area contributed by atoms with Crippen molar-refractivity contribution in [3.05, 3.63) is 11.8 Å². The molecule has 2 heteroatoms. The van der Waals surface area contributed by atoms with Gasteiger partial charge in [0.05, 0.1) is 11.9 Å². The van der Waals surface area contributed by atoms with Crippen molar-refractivity contribution < 1.29 is 10.2 Å². The second kappa shape index (κ2) is 1.87. The lowest BCUT2D eigenvalue weighted by Crippen LogP contribution is -2.30. The topological polar surface area (TPSA) is 40.5 Å². The maximum Gasteiger partial charge on any atom is 0.0952 e. The summed E-state index contributed by atoms with van der Waals surface area (Å²) < 4.78 is 0. The number of rotatable bonds is 0. The van der Waals surface area contributed by atoms with Crippen LogP contribution in [0.15, 0.2) is 11.8 Å². The van der Waals surface area contributed by atoms with E-state index >= 15 is 0 Å². The highest BCUT2D eigenvalue weighted by Crippen LogP contribution is 2.64. The molecule has 3 unspecified atom stereocenters. The van der Waals surface area contributed by atoms with Gasteiger partial charge in [-0.3, -0.25) is 0 Å². The van der Waals surface area contributed by atoms with Crippen LogP contribution in [0.1, 0.15) is 27.2 Å². The summed E-state index contributed by atoms with van der Waals surface area (Å²) >= 11 is 0. The van der Waals surface area contributed by atoms with Crippen LogP contribution in [0, 0.1) is 16.7 Å². The molecule has 0 saturated heterocycles. The molecule has 2 rings (SSSR count). The molecule has 0 heterocycles. The van der Waals surface area contributed by atoms with Crippen molar-refractivity contribution in [3.8, 4) is 0 Å². The van der Waals surface area contributed by atoms with Crippen LogP contribution < -0.4 is 0 Å². The van der Waals surface area contributed by atoms with Gasteiger partial charge in [-0.25, -0.2) is 0 Å². The molecule has 2 bridgehead atoms. The van der Waals surface area contributed by atoms with E-state index in [1.165, 1.54) is 0 Å². The van der Waals surface area contributed by atoms with Gasteiger partial charge in [-0.2, -0.15) is 0 Å². The second-order valence-corrected chi connectivity index (χ2v) is 4.90. The molecule has 1 saturated carbocycles. The molecule has 2 nitrogen and oxygen atoms in total. The van der Waals surface area contributed by atoms with Gasteiger partial charge in [0.2, 0.25) is 0 Å². The van der Waals surface area contributed by atoms with E-state index in [0.717, 1.165) is 0 Å². The van der Waals surface area contributed by atoms with Crippen LogP contribution in [0.5, 0.6) is 0 Å². The van der Waals surface area contributed by atoms with Crippen molar-refractivity contribution in [2.45, 2.75) is 33.3 Å². The minimum atomic E-state index is -0.263. The Balaban J connectivity index is 2.50. The number of aliphatic hydroxyl groups is 2. The molecule has 0 aromatic heterocycles. The molecular weight excluding hydrogens is 152 g/mol. The summed E-state index contributed by atoms with van der Waals surface area (Å²) in [4.78, 5) is 0. The average Bonchev–Trinajstić information content (AvgIpc) is 2.18. The third-order valence-electron chi connectivity index (χ3n) is 4.19.